The number of likely N-dealkylation sites (tertiary alicyclic amines) is 1. The lowest BCUT2D eigenvalue weighted by Gasteiger charge is -2.27. The van der Waals surface area contributed by atoms with Crippen molar-refractivity contribution >= 4 is 12.4 Å². The first-order valence-corrected chi connectivity index (χ1v) is 7.99. The van der Waals surface area contributed by atoms with Gasteiger partial charge in [0.25, 0.3) is 0 Å². The Balaban J connectivity index is 0.00000192. The third-order valence-electron chi connectivity index (χ3n) is 4.70. The third-order valence-corrected chi connectivity index (χ3v) is 4.70. The van der Waals surface area contributed by atoms with Crippen molar-refractivity contribution in [2.45, 2.75) is 31.3 Å². The second-order valence-corrected chi connectivity index (χ2v) is 6.11. The van der Waals surface area contributed by atoms with E-state index in [9.17, 15) is 4.39 Å². The number of halogens is 2. The molecule has 0 radical (unpaired) electrons. The summed E-state index contributed by atoms with van der Waals surface area (Å²) in [6.07, 6.45) is 1.000. The molecule has 0 saturated carbocycles. The smallest absolute Gasteiger partial charge is 0.123 e. The van der Waals surface area contributed by atoms with Gasteiger partial charge in [-0.1, -0.05) is 49.4 Å². The summed E-state index contributed by atoms with van der Waals surface area (Å²) in [6, 6.07) is 17.8. The molecular weight excluding hydrogens is 311 g/mol. The van der Waals surface area contributed by atoms with Gasteiger partial charge in [-0.15, -0.1) is 12.4 Å². The first kappa shape index (κ1) is 17.9. The van der Waals surface area contributed by atoms with Crippen LogP contribution in [0.15, 0.2) is 54.6 Å². The molecule has 1 saturated heterocycles. The molecule has 1 heterocycles. The van der Waals surface area contributed by atoms with E-state index in [-0.39, 0.29) is 24.3 Å². The summed E-state index contributed by atoms with van der Waals surface area (Å²) in [7, 11) is 0. The summed E-state index contributed by atoms with van der Waals surface area (Å²) in [5.41, 5.74) is 8.88. The second kappa shape index (κ2) is 7.91. The molecule has 0 amide bonds. The highest BCUT2D eigenvalue weighted by atomic mass is 35.5. The number of rotatable bonds is 4. The van der Waals surface area contributed by atoms with Crippen molar-refractivity contribution < 1.29 is 4.39 Å². The van der Waals surface area contributed by atoms with Crippen molar-refractivity contribution in [3.63, 3.8) is 0 Å². The largest absolute Gasteiger partial charge is 0.326 e. The van der Waals surface area contributed by atoms with E-state index in [0.29, 0.717) is 12.0 Å². The number of hydrogen-bond donors (Lipinski definition) is 1. The number of hydrogen-bond acceptors (Lipinski definition) is 2. The van der Waals surface area contributed by atoms with Crippen LogP contribution in [0.5, 0.6) is 0 Å². The van der Waals surface area contributed by atoms with Gasteiger partial charge in [0.05, 0.1) is 0 Å². The number of benzene rings is 2. The van der Waals surface area contributed by atoms with Gasteiger partial charge in [0.2, 0.25) is 0 Å². The van der Waals surface area contributed by atoms with Crippen LogP contribution >= 0.6 is 12.4 Å². The van der Waals surface area contributed by atoms with Gasteiger partial charge in [-0.3, -0.25) is 4.90 Å². The van der Waals surface area contributed by atoms with Crippen LogP contribution in [-0.2, 0) is 0 Å². The summed E-state index contributed by atoms with van der Waals surface area (Å²) >= 11 is 0. The molecule has 124 valence electrons. The zero-order chi connectivity index (χ0) is 15.5. The van der Waals surface area contributed by atoms with Crippen molar-refractivity contribution in [3.05, 3.63) is 71.5 Å². The van der Waals surface area contributed by atoms with Crippen LogP contribution < -0.4 is 5.73 Å². The molecule has 2 nitrogen and oxygen atoms in total. The predicted molar refractivity (Wildman–Crippen MR) is 95.4 cm³/mol. The van der Waals surface area contributed by atoms with Crippen LogP contribution in [0, 0.1) is 5.82 Å². The van der Waals surface area contributed by atoms with Gasteiger partial charge in [0.15, 0.2) is 0 Å². The standard InChI is InChI=1S/C19H23FN2.ClH/c1-2-19(15-8-10-16(20)11-9-15)22-12-17(18(21)13-22)14-6-4-3-5-7-14;/h3-11,17-19H,2,12-13,21H2,1H3;1H/t17-,18+,19?;/m0./s1. The van der Waals surface area contributed by atoms with E-state index in [1.165, 1.54) is 11.1 Å². The van der Waals surface area contributed by atoms with Crippen LogP contribution in [0.1, 0.15) is 36.4 Å². The predicted octanol–water partition coefficient (Wildman–Crippen LogP) is 4.13. The first-order chi connectivity index (χ1) is 10.7. The van der Waals surface area contributed by atoms with Gasteiger partial charge in [-0.05, 0) is 29.7 Å². The summed E-state index contributed by atoms with van der Waals surface area (Å²) in [6.45, 7) is 4.02. The highest BCUT2D eigenvalue weighted by molar-refractivity contribution is 5.85. The van der Waals surface area contributed by atoms with Crippen molar-refractivity contribution in [3.8, 4) is 0 Å². The van der Waals surface area contributed by atoms with Gasteiger partial charge in [-0.25, -0.2) is 4.39 Å². The Hall–Kier alpha value is -1.42. The van der Waals surface area contributed by atoms with Gasteiger partial charge < -0.3 is 5.73 Å². The normalized spacial score (nSPS) is 22.6. The molecule has 1 unspecified atom stereocenters. The minimum absolute atomic E-state index is 0. The van der Waals surface area contributed by atoms with E-state index in [0.717, 1.165) is 19.5 Å². The minimum atomic E-state index is -0.182. The number of nitrogens with two attached hydrogens (primary N) is 1. The Morgan fingerprint density at radius 1 is 1.09 bits per heavy atom. The molecule has 4 heteroatoms. The average molecular weight is 335 g/mol. The Morgan fingerprint density at radius 3 is 2.35 bits per heavy atom. The fourth-order valence-corrected chi connectivity index (χ4v) is 3.56. The van der Waals surface area contributed by atoms with Crippen LogP contribution in [-0.4, -0.2) is 24.0 Å². The van der Waals surface area contributed by atoms with Gasteiger partial charge >= 0.3 is 0 Å². The van der Waals surface area contributed by atoms with E-state index in [1.807, 2.05) is 18.2 Å². The molecule has 0 bridgehead atoms. The highest BCUT2D eigenvalue weighted by Crippen LogP contribution is 2.34. The summed E-state index contributed by atoms with van der Waals surface area (Å²) in [5.74, 6) is 0.189. The van der Waals surface area contributed by atoms with Crippen LogP contribution in [0.2, 0.25) is 0 Å². The van der Waals surface area contributed by atoms with Crippen molar-refractivity contribution in [1.82, 2.24) is 4.90 Å². The second-order valence-electron chi connectivity index (χ2n) is 6.11. The van der Waals surface area contributed by atoms with Gasteiger partial charge in [0, 0.05) is 31.1 Å². The molecule has 2 N–H and O–H groups in total. The lowest BCUT2D eigenvalue weighted by molar-refractivity contribution is 0.234. The van der Waals surface area contributed by atoms with Gasteiger partial charge in [-0.2, -0.15) is 0 Å². The zero-order valence-electron chi connectivity index (χ0n) is 13.4. The molecule has 1 fully saturated rings. The quantitative estimate of drug-likeness (QED) is 0.911. The fourth-order valence-electron chi connectivity index (χ4n) is 3.56. The third kappa shape index (κ3) is 3.92. The molecule has 2 aromatic carbocycles. The van der Waals surface area contributed by atoms with E-state index in [2.05, 4.69) is 36.1 Å². The molecule has 23 heavy (non-hydrogen) atoms. The molecule has 2 aromatic rings. The van der Waals surface area contributed by atoms with Crippen LogP contribution in [0.3, 0.4) is 0 Å². The Labute approximate surface area is 143 Å². The van der Waals surface area contributed by atoms with Crippen LogP contribution in [0.25, 0.3) is 0 Å². The maximum absolute atomic E-state index is 13.1. The van der Waals surface area contributed by atoms with Crippen molar-refractivity contribution in [2.75, 3.05) is 13.1 Å². The molecule has 0 aromatic heterocycles. The van der Waals surface area contributed by atoms with Crippen LogP contribution in [0.4, 0.5) is 4.39 Å². The molecular formula is C19H24ClFN2. The summed E-state index contributed by atoms with van der Waals surface area (Å²) < 4.78 is 13.1. The van der Waals surface area contributed by atoms with E-state index in [4.69, 9.17) is 5.73 Å². The van der Waals surface area contributed by atoms with E-state index >= 15 is 0 Å². The Bertz CT molecular complexity index is 603. The lowest BCUT2D eigenvalue weighted by Crippen LogP contribution is -2.30. The zero-order valence-corrected chi connectivity index (χ0v) is 14.2. The van der Waals surface area contributed by atoms with Crippen molar-refractivity contribution in [1.29, 1.82) is 0 Å². The summed E-state index contributed by atoms with van der Waals surface area (Å²) in [4.78, 5) is 2.44. The molecule has 3 rings (SSSR count). The fraction of sp³-hybridized carbons (Fsp3) is 0.368. The van der Waals surface area contributed by atoms with Crippen molar-refractivity contribution in [2.24, 2.45) is 5.73 Å². The highest BCUT2D eigenvalue weighted by Gasteiger charge is 2.34. The topological polar surface area (TPSA) is 29.3 Å². The molecule has 0 spiro atoms. The van der Waals surface area contributed by atoms with Gasteiger partial charge in [0.1, 0.15) is 5.82 Å². The number of nitrogens with zero attached hydrogens (tertiary/aromatic N) is 1. The average Bonchev–Trinajstić information content (AvgIpc) is 2.92. The maximum Gasteiger partial charge on any atom is 0.123 e. The first-order valence-electron chi connectivity index (χ1n) is 7.99. The summed E-state index contributed by atoms with van der Waals surface area (Å²) in [5, 5.41) is 0. The molecule has 1 aliphatic heterocycles. The molecule has 3 atom stereocenters. The monoisotopic (exact) mass is 334 g/mol. The lowest BCUT2D eigenvalue weighted by atomic mass is 9.95. The SMILES string of the molecule is CCC(c1ccc(F)cc1)N1C[C@@H](N)[C@H](c2ccccc2)C1.Cl. The Morgan fingerprint density at radius 2 is 1.74 bits per heavy atom. The molecule has 0 aliphatic carbocycles. The van der Waals surface area contributed by atoms with E-state index < -0.39 is 0 Å². The maximum atomic E-state index is 13.1. The van der Waals surface area contributed by atoms with E-state index in [1.54, 1.807) is 12.1 Å². The molecule has 1 aliphatic rings. The Kier molecular flexibility index (Phi) is 6.17. The minimum Gasteiger partial charge on any atom is -0.326 e.